The van der Waals surface area contributed by atoms with Crippen molar-refractivity contribution < 1.29 is 19.4 Å². The molecule has 0 radical (unpaired) electrons. The van der Waals surface area contributed by atoms with E-state index in [9.17, 15) is 9.59 Å². The van der Waals surface area contributed by atoms with Crippen molar-refractivity contribution in [3.63, 3.8) is 0 Å². The van der Waals surface area contributed by atoms with Crippen LogP contribution in [0, 0.1) is 5.41 Å². The first-order valence-electron chi connectivity index (χ1n) is 4.00. The Hall–Kier alpha value is -0.900. The first-order chi connectivity index (χ1) is 5.64. The molecule has 0 amide bonds. The van der Waals surface area contributed by atoms with Gasteiger partial charge in [0.25, 0.3) is 0 Å². The fraction of sp³-hybridized carbons (Fsp3) is 0.750. The summed E-state index contributed by atoms with van der Waals surface area (Å²) in [6, 6.07) is 0. The summed E-state index contributed by atoms with van der Waals surface area (Å²) < 4.78 is 4.43. The molecule has 0 saturated carbocycles. The molecule has 1 fully saturated rings. The average molecular weight is 172 g/mol. The van der Waals surface area contributed by atoms with Gasteiger partial charge in [0.1, 0.15) is 0 Å². The third-order valence-electron chi connectivity index (χ3n) is 2.39. The van der Waals surface area contributed by atoms with Crippen molar-refractivity contribution >= 4 is 11.9 Å². The number of carbonyl (C=O) groups is 2. The molecule has 68 valence electrons. The van der Waals surface area contributed by atoms with Crippen LogP contribution in [0.15, 0.2) is 0 Å². The molecule has 0 aromatic rings. The first-order valence-corrected chi connectivity index (χ1v) is 4.00. The lowest BCUT2D eigenvalue weighted by molar-refractivity contribution is -0.155. The van der Waals surface area contributed by atoms with Gasteiger partial charge in [-0.1, -0.05) is 6.92 Å². The number of hydrogen-bond acceptors (Lipinski definition) is 4. The second kappa shape index (κ2) is 3.23. The van der Waals surface area contributed by atoms with Crippen LogP contribution < -0.4 is 0 Å². The summed E-state index contributed by atoms with van der Waals surface area (Å²) in [5.41, 5.74) is -0.744. The normalized spacial score (nSPS) is 29.2. The number of hydrogen-bond donors (Lipinski definition) is 1. The van der Waals surface area contributed by atoms with Crippen LogP contribution in [-0.4, -0.2) is 23.7 Å². The average Bonchev–Trinajstić information content (AvgIpc) is 2.28. The molecular formula is C8H12O4. The van der Waals surface area contributed by atoms with Crippen LogP contribution in [0.4, 0.5) is 0 Å². The third kappa shape index (κ3) is 1.34. The number of aliphatic hydroxyl groups excluding tert-OH is 1. The summed E-state index contributed by atoms with van der Waals surface area (Å²) in [7, 11) is 0. The van der Waals surface area contributed by atoms with E-state index in [-0.39, 0.29) is 13.0 Å². The molecule has 12 heavy (non-hydrogen) atoms. The summed E-state index contributed by atoms with van der Waals surface area (Å²) in [4.78, 5) is 22.0. The zero-order chi connectivity index (χ0) is 9.19. The molecule has 1 atom stereocenters. The van der Waals surface area contributed by atoms with Crippen LogP contribution in [-0.2, 0) is 14.3 Å². The molecule has 1 heterocycles. The van der Waals surface area contributed by atoms with Crippen molar-refractivity contribution in [2.24, 2.45) is 5.41 Å². The predicted octanol–water partition coefficient (Wildman–Crippen LogP) is 0.239. The van der Waals surface area contributed by atoms with Crippen LogP contribution in [0.2, 0.25) is 0 Å². The number of aliphatic hydroxyl groups is 1. The summed E-state index contributed by atoms with van der Waals surface area (Å²) >= 11 is 0. The molecule has 4 nitrogen and oxygen atoms in total. The SMILES string of the molecule is CC[C@]1(CCO)CC(=O)OC1=O. The highest BCUT2D eigenvalue weighted by molar-refractivity contribution is 5.97. The van der Waals surface area contributed by atoms with E-state index in [4.69, 9.17) is 5.11 Å². The van der Waals surface area contributed by atoms with Gasteiger partial charge in [0.05, 0.1) is 11.8 Å². The van der Waals surface area contributed by atoms with E-state index in [1.54, 1.807) is 0 Å². The summed E-state index contributed by atoms with van der Waals surface area (Å²) in [6.07, 6.45) is 0.967. The Kier molecular flexibility index (Phi) is 2.47. The Bertz CT molecular complexity index is 211. The van der Waals surface area contributed by atoms with Gasteiger partial charge in [-0.15, -0.1) is 0 Å². The van der Waals surface area contributed by atoms with Crippen LogP contribution in [0.1, 0.15) is 26.2 Å². The third-order valence-corrected chi connectivity index (χ3v) is 2.39. The smallest absolute Gasteiger partial charge is 0.320 e. The molecule has 1 saturated heterocycles. The quantitative estimate of drug-likeness (QED) is 0.489. The largest absolute Gasteiger partial charge is 0.396 e. The van der Waals surface area contributed by atoms with Gasteiger partial charge >= 0.3 is 11.9 Å². The van der Waals surface area contributed by atoms with Crippen molar-refractivity contribution in [2.45, 2.75) is 26.2 Å². The van der Waals surface area contributed by atoms with Crippen LogP contribution in [0.25, 0.3) is 0 Å². The Labute approximate surface area is 70.5 Å². The Morgan fingerprint density at radius 1 is 1.58 bits per heavy atom. The first kappa shape index (κ1) is 9.19. The molecule has 1 rings (SSSR count). The lowest BCUT2D eigenvalue weighted by atomic mass is 9.81. The minimum absolute atomic E-state index is 0.0871. The van der Waals surface area contributed by atoms with Gasteiger partial charge in [-0.25, -0.2) is 0 Å². The Morgan fingerprint density at radius 2 is 2.25 bits per heavy atom. The van der Waals surface area contributed by atoms with E-state index in [0.717, 1.165) is 0 Å². The van der Waals surface area contributed by atoms with Crippen LogP contribution >= 0.6 is 0 Å². The van der Waals surface area contributed by atoms with Crippen molar-refractivity contribution in [2.75, 3.05) is 6.61 Å². The van der Waals surface area contributed by atoms with Crippen molar-refractivity contribution in [3.05, 3.63) is 0 Å². The molecule has 0 aromatic heterocycles. The number of ether oxygens (including phenoxy) is 1. The van der Waals surface area contributed by atoms with Crippen LogP contribution in [0.3, 0.4) is 0 Å². The van der Waals surface area contributed by atoms with E-state index in [2.05, 4.69) is 4.74 Å². The lowest BCUT2D eigenvalue weighted by Crippen LogP contribution is -2.26. The number of cyclic esters (lactones) is 2. The molecule has 4 heteroatoms. The monoisotopic (exact) mass is 172 g/mol. The summed E-state index contributed by atoms with van der Waals surface area (Å²) in [5.74, 6) is -0.959. The molecule has 0 unspecified atom stereocenters. The van der Waals surface area contributed by atoms with E-state index in [0.29, 0.717) is 12.8 Å². The van der Waals surface area contributed by atoms with Crippen molar-refractivity contribution in [1.29, 1.82) is 0 Å². The molecule has 0 bridgehead atoms. The summed E-state index contributed by atoms with van der Waals surface area (Å²) in [5, 5.41) is 8.71. The van der Waals surface area contributed by atoms with Crippen LogP contribution in [0.5, 0.6) is 0 Å². The molecule has 1 aliphatic heterocycles. The Balaban J connectivity index is 2.78. The zero-order valence-corrected chi connectivity index (χ0v) is 7.00. The highest BCUT2D eigenvalue weighted by Crippen LogP contribution is 2.37. The maximum Gasteiger partial charge on any atom is 0.320 e. The molecule has 0 aliphatic carbocycles. The standard InChI is InChI=1S/C8H12O4/c1-2-8(3-4-9)5-6(10)12-7(8)11/h9H,2-5H2,1H3/t8-/m0/s1. The zero-order valence-electron chi connectivity index (χ0n) is 7.00. The van der Waals surface area contributed by atoms with E-state index >= 15 is 0 Å². The Morgan fingerprint density at radius 3 is 2.58 bits per heavy atom. The van der Waals surface area contributed by atoms with E-state index < -0.39 is 17.4 Å². The van der Waals surface area contributed by atoms with E-state index in [1.807, 2.05) is 6.92 Å². The predicted molar refractivity (Wildman–Crippen MR) is 40.1 cm³/mol. The summed E-state index contributed by atoms with van der Waals surface area (Å²) in [6.45, 7) is 1.73. The van der Waals surface area contributed by atoms with E-state index in [1.165, 1.54) is 0 Å². The van der Waals surface area contributed by atoms with Crippen molar-refractivity contribution in [1.82, 2.24) is 0 Å². The second-order valence-corrected chi connectivity index (χ2v) is 3.05. The number of rotatable bonds is 3. The number of esters is 2. The minimum atomic E-state index is -0.744. The topological polar surface area (TPSA) is 63.6 Å². The fourth-order valence-corrected chi connectivity index (χ4v) is 1.45. The highest BCUT2D eigenvalue weighted by Gasteiger charge is 2.47. The van der Waals surface area contributed by atoms with Gasteiger partial charge in [0.2, 0.25) is 0 Å². The maximum atomic E-state index is 11.2. The van der Waals surface area contributed by atoms with Gasteiger partial charge in [-0.3, -0.25) is 9.59 Å². The molecule has 0 aromatic carbocycles. The van der Waals surface area contributed by atoms with Gasteiger partial charge in [-0.05, 0) is 12.8 Å². The highest BCUT2D eigenvalue weighted by atomic mass is 16.6. The molecule has 1 aliphatic rings. The molecule has 1 N–H and O–H groups in total. The molecule has 0 spiro atoms. The van der Waals surface area contributed by atoms with Gasteiger partial charge < -0.3 is 9.84 Å². The van der Waals surface area contributed by atoms with Gasteiger partial charge in [0.15, 0.2) is 0 Å². The fourth-order valence-electron chi connectivity index (χ4n) is 1.45. The second-order valence-electron chi connectivity index (χ2n) is 3.05. The van der Waals surface area contributed by atoms with Crippen molar-refractivity contribution in [3.8, 4) is 0 Å². The lowest BCUT2D eigenvalue weighted by Gasteiger charge is -2.19. The van der Waals surface area contributed by atoms with Gasteiger partial charge in [0, 0.05) is 6.61 Å². The molecular weight excluding hydrogens is 160 g/mol. The maximum absolute atomic E-state index is 11.2. The minimum Gasteiger partial charge on any atom is -0.396 e. The number of carbonyl (C=O) groups excluding carboxylic acids is 2. The van der Waals surface area contributed by atoms with Gasteiger partial charge in [-0.2, -0.15) is 0 Å².